The van der Waals surface area contributed by atoms with Gasteiger partial charge in [0.15, 0.2) is 0 Å². The van der Waals surface area contributed by atoms with Crippen molar-refractivity contribution in [2.24, 2.45) is 0 Å². The van der Waals surface area contributed by atoms with E-state index in [0.717, 1.165) is 14.5 Å². The molecule has 17 heavy (non-hydrogen) atoms. The SMILES string of the molecule is Cc1ccc(C(C#C[Si](C)(C)C)=C(Br)Br)cc1. The van der Waals surface area contributed by atoms with Crippen molar-refractivity contribution < 1.29 is 0 Å². The molecule has 0 aliphatic carbocycles. The second-order valence-corrected chi connectivity index (χ2v) is 12.4. The summed E-state index contributed by atoms with van der Waals surface area (Å²) in [6, 6.07) is 8.42. The number of allylic oxidation sites excluding steroid dienone is 1. The van der Waals surface area contributed by atoms with E-state index in [-0.39, 0.29) is 0 Å². The molecule has 3 heteroatoms. The minimum Gasteiger partial charge on any atom is -0.127 e. The number of aryl methyl sites for hydroxylation is 1. The topological polar surface area (TPSA) is 0 Å². The van der Waals surface area contributed by atoms with Crippen LogP contribution < -0.4 is 0 Å². The van der Waals surface area contributed by atoms with Crippen LogP contribution in [0, 0.1) is 18.4 Å². The average molecular weight is 372 g/mol. The van der Waals surface area contributed by atoms with Gasteiger partial charge in [0.2, 0.25) is 0 Å². The maximum absolute atomic E-state index is 3.47. The van der Waals surface area contributed by atoms with Crippen LogP contribution in [-0.4, -0.2) is 8.07 Å². The Labute approximate surface area is 122 Å². The molecule has 0 aromatic heterocycles. The molecule has 0 radical (unpaired) electrons. The highest BCUT2D eigenvalue weighted by Gasteiger charge is 2.09. The smallest absolute Gasteiger partial charge is 0.127 e. The predicted molar refractivity (Wildman–Crippen MR) is 87.1 cm³/mol. The molecule has 0 unspecified atom stereocenters. The molecule has 0 saturated carbocycles. The molecule has 0 fully saturated rings. The molecular weight excluding hydrogens is 356 g/mol. The number of rotatable bonds is 1. The van der Waals surface area contributed by atoms with E-state index in [0.29, 0.717) is 0 Å². The molecule has 0 N–H and O–H groups in total. The molecule has 0 nitrogen and oxygen atoms in total. The van der Waals surface area contributed by atoms with Crippen LogP contribution in [0.1, 0.15) is 11.1 Å². The third kappa shape index (κ3) is 5.24. The van der Waals surface area contributed by atoms with Gasteiger partial charge >= 0.3 is 0 Å². The molecule has 0 heterocycles. The zero-order valence-corrected chi connectivity index (χ0v) is 14.7. The molecular formula is C14H16Br2Si. The molecule has 0 spiro atoms. The summed E-state index contributed by atoms with van der Waals surface area (Å²) in [5, 5.41) is 0. The maximum atomic E-state index is 3.47. The predicted octanol–water partition coefficient (Wildman–Crippen LogP) is 5.33. The Morgan fingerprint density at radius 3 is 2.00 bits per heavy atom. The molecule has 0 bridgehead atoms. The Balaban J connectivity index is 3.16. The van der Waals surface area contributed by atoms with Gasteiger partial charge in [-0.2, -0.15) is 0 Å². The van der Waals surface area contributed by atoms with Gasteiger partial charge in [-0.05, 0) is 44.3 Å². The van der Waals surface area contributed by atoms with Crippen molar-refractivity contribution in [3.8, 4) is 11.5 Å². The summed E-state index contributed by atoms with van der Waals surface area (Å²) in [4.78, 5) is 0. The number of hydrogen-bond donors (Lipinski definition) is 0. The van der Waals surface area contributed by atoms with Gasteiger partial charge in [0.25, 0.3) is 0 Å². The van der Waals surface area contributed by atoms with E-state index in [4.69, 9.17) is 0 Å². The van der Waals surface area contributed by atoms with Gasteiger partial charge in [-0.1, -0.05) is 55.4 Å². The highest BCUT2D eigenvalue weighted by Crippen LogP contribution is 2.27. The molecule has 0 aliphatic heterocycles. The lowest BCUT2D eigenvalue weighted by Gasteiger charge is -2.06. The average Bonchev–Trinajstić information content (AvgIpc) is 2.18. The molecule has 0 amide bonds. The Bertz CT molecular complexity index is 478. The third-order valence-corrected chi connectivity index (χ3v) is 3.76. The Morgan fingerprint density at radius 1 is 1.06 bits per heavy atom. The van der Waals surface area contributed by atoms with Crippen LogP contribution in [0.2, 0.25) is 19.6 Å². The largest absolute Gasteiger partial charge is 0.129 e. The van der Waals surface area contributed by atoms with Crippen LogP contribution in [0.4, 0.5) is 0 Å². The zero-order valence-electron chi connectivity index (χ0n) is 10.6. The van der Waals surface area contributed by atoms with E-state index < -0.39 is 8.07 Å². The van der Waals surface area contributed by atoms with E-state index in [1.807, 2.05) is 0 Å². The number of halogens is 2. The fourth-order valence-corrected chi connectivity index (χ4v) is 2.35. The third-order valence-electron chi connectivity index (χ3n) is 2.09. The molecule has 1 rings (SSSR count). The Morgan fingerprint density at radius 2 is 1.59 bits per heavy atom. The summed E-state index contributed by atoms with van der Waals surface area (Å²) in [6.45, 7) is 8.82. The first kappa shape index (κ1) is 14.8. The maximum Gasteiger partial charge on any atom is 0.129 e. The van der Waals surface area contributed by atoms with Crippen LogP contribution in [0.5, 0.6) is 0 Å². The fraction of sp³-hybridized carbons (Fsp3) is 0.286. The molecule has 90 valence electrons. The van der Waals surface area contributed by atoms with Crippen molar-refractivity contribution in [2.75, 3.05) is 0 Å². The Kier molecular flexibility index (Phi) is 5.24. The molecule has 0 atom stereocenters. The van der Waals surface area contributed by atoms with Gasteiger partial charge < -0.3 is 0 Å². The summed E-state index contributed by atoms with van der Waals surface area (Å²) in [6.07, 6.45) is 0. The van der Waals surface area contributed by atoms with Crippen LogP contribution in [-0.2, 0) is 0 Å². The van der Waals surface area contributed by atoms with Crippen LogP contribution in [0.25, 0.3) is 5.57 Å². The summed E-state index contributed by atoms with van der Waals surface area (Å²) in [5.41, 5.74) is 6.81. The van der Waals surface area contributed by atoms with Gasteiger partial charge in [-0.25, -0.2) is 0 Å². The molecule has 1 aromatic carbocycles. The van der Waals surface area contributed by atoms with Gasteiger partial charge in [0, 0.05) is 0 Å². The lowest BCUT2D eigenvalue weighted by Crippen LogP contribution is -2.16. The second-order valence-electron chi connectivity index (χ2n) is 5.00. The molecule has 0 aliphatic rings. The first-order valence-electron chi connectivity index (χ1n) is 5.45. The summed E-state index contributed by atoms with van der Waals surface area (Å²) in [7, 11) is -1.35. The molecule has 1 aromatic rings. The summed E-state index contributed by atoms with van der Waals surface area (Å²) >= 11 is 6.95. The van der Waals surface area contributed by atoms with E-state index in [9.17, 15) is 0 Å². The van der Waals surface area contributed by atoms with Gasteiger partial charge in [-0.15, -0.1) is 5.54 Å². The lowest BCUT2D eigenvalue weighted by atomic mass is 10.1. The normalized spacial score (nSPS) is 10.5. The van der Waals surface area contributed by atoms with Crippen LogP contribution in [0.15, 0.2) is 27.7 Å². The lowest BCUT2D eigenvalue weighted by molar-refractivity contribution is 1.46. The standard InChI is InChI=1S/C14H16Br2Si/c1-11-5-7-12(8-6-11)13(14(15)16)9-10-17(2,3)4/h5-8H,1-4H3. The van der Waals surface area contributed by atoms with Crippen molar-refractivity contribution in [1.29, 1.82) is 0 Å². The zero-order chi connectivity index (χ0) is 13.1. The van der Waals surface area contributed by atoms with Crippen LogP contribution >= 0.6 is 31.9 Å². The van der Waals surface area contributed by atoms with Crippen molar-refractivity contribution in [1.82, 2.24) is 0 Å². The monoisotopic (exact) mass is 370 g/mol. The fourth-order valence-electron chi connectivity index (χ4n) is 1.20. The Hall–Kier alpha value is -0.303. The highest BCUT2D eigenvalue weighted by atomic mass is 79.9. The van der Waals surface area contributed by atoms with Gasteiger partial charge in [-0.3, -0.25) is 0 Å². The van der Waals surface area contributed by atoms with Crippen molar-refractivity contribution in [3.05, 3.63) is 38.8 Å². The van der Waals surface area contributed by atoms with E-state index >= 15 is 0 Å². The minimum atomic E-state index is -1.35. The summed E-state index contributed by atoms with van der Waals surface area (Å²) < 4.78 is 0.916. The van der Waals surface area contributed by atoms with Gasteiger partial charge in [0.05, 0.1) is 8.96 Å². The summed E-state index contributed by atoms with van der Waals surface area (Å²) in [5.74, 6) is 3.29. The number of hydrogen-bond acceptors (Lipinski definition) is 0. The quantitative estimate of drug-likeness (QED) is 0.462. The van der Waals surface area contributed by atoms with Crippen molar-refractivity contribution >= 4 is 45.5 Å². The molecule has 0 saturated heterocycles. The van der Waals surface area contributed by atoms with E-state index in [1.165, 1.54) is 5.56 Å². The van der Waals surface area contributed by atoms with Crippen molar-refractivity contribution in [3.63, 3.8) is 0 Å². The van der Waals surface area contributed by atoms with Crippen molar-refractivity contribution in [2.45, 2.75) is 26.6 Å². The van der Waals surface area contributed by atoms with Crippen LogP contribution in [0.3, 0.4) is 0 Å². The van der Waals surface area contributed by atoms with Gasteiger partial charge in [0.1, 0.15) is 8.07 Å². The number of benzene rings is 1. The minimum absolute atomic E-state index is 0.916. The van der Waals surface area contributed by atoms with E-state index in [2.05, 4.69) is 94.2 Å². The highest BCUT2D eigenvalue weighted by molar-refractivity contribution is 9.28. The first-order chi connectivity index (χ1) is 7.79. The second kappa shape index (κ2) is 6.04. The van der Waals surface area contributed by atoms with E-state index in [1.54, 1.807) is 0 Å². The first-order valence-corrected chi connectivity index (χ1v) is 10.5.